The van der Waals surface area contributed by atoms with Gasteiger partial charge in [-0.25, -0.2) is 24.3 Å². The summed E-state index contributed by atoms with van der Waals surface area (Å²) in [6.45, 7) is 15.0. The maximum atomic E-state index is 3.25. The summed E-state index contributed by atoms with van der Waals surface area (Å²) in [7, 11) is 0. The molecule has 2 heteroatoms. The van der Waals surface area contributed by atoms with Crippen molar-refractivity contribution >= 4 is 0 Å². The maximum absolute atomic E-state index is 3.25. The molecule has 2 aliphatic rings. The molecule has 0 radical (unpaired) electrons. The van der Waals surface area contributed by atoms with E-state index in [-0.39, 0.29) is 65.7 Å². The van der Waals surface area contributed by atoms with Gasteiger partial charge in [0, 0.05) is 0 Å². The van der Waals surface area contributed by atoms with Crippen LogP contribution in [0, 0.1) is 55.2 Å². The number of allylic oxidation sites excluding steroid dienone is 8. The zero-order chi connectivity index (χ0) is 13.1. The second-order valence-corrected chi connectivity index (χ2v) is 2.01. The zero-order valence-corrected chi connectivity index (χ0v) is 18.1. The van der Waals surface area contributed by atoms with Crippen molar-refractivity contribution in [2.45, 2.75) is 33.6 Å². The molecule has 0 spiro atoms. The van der Waals surface area contributed by atoms with Gasteiger partial charge in [0.05, 0.1) is 0 Å². The Labute approximate surface area is 168 Å². The zero-order valence-electron chi connectivity index (χ0n) is 15.0. The van der Waals surface area contributed by atoms with Gasteiger partial charge in [-0.05, 0) is 0 Å². The third-order valence-electron chi connectivity index (χ3n) is 1.17. The Morgan fingerprint density at radius 3 is 0.905 bits per heavy atom. The molecule has 0 amide bonds. The summed E-state index contributed by atoms with van der Waals surface area (Å²) in [6, 6.07) is 0. The smallest absolute Gasteiger partial charge is 0.358 e. The normalized spacial score (nSPS) is 9.24. The fourth-order valence-electron chi connectivity index (χ4n) is 0.680. The Morgan fingerprint density at radius 1 is 0.619 bits per heavy atom. The van der Waals surface area contributed by atoms with Gasteiger partial charge in [-0.1, -0.05) is 0 Å². The second kappa shape index (κ2) is 71.0. The summed E-state index contributed by atoms with van der Waals surface area (Å²) in [5.41, 5.74) is 0. The number of hydrogen-bond acceptors (Lipinski definition) is 0. The van der Waals surface area contributed by atoms with Crippen molar-refractivity contribution in [3.05, 3.63) is 91.7 Å². The number of rotatable bonds is 0. The van der Waals surface area contributed by atoms with E-state index in [1.807, 2.05) is 24.3 Å². The van der Waals surface area contributed by atoms with Crippen molar-refractivity contribution < 1.29 is 43.4 Å². The average Bonchev–Trinajstić information content (AvgIpc) is 3.14. The topological polar surface area (TPSA) is 0 Å². The van der Waals surface area contributed by atoms with E-state index >= 15 is 0 Å². The van der Waals surface area contributed by atoms with Crippen LogP contribution in [-0.4, -0.2) is 0 Å². The third-order valence-corrected chi connectivity index (χ3v) is 1.17. The molecule has 0 N–H and O–H groups in total. The molecule has 0 aromatic rings. The van der Waals surface area contributed by atoms with Crippen LogP contribution in [0.1, 0.15) is 33.6 Å². The van der Waals surface area contributed by atoms with Gasteiger partial charge in [0.25, 0.3) is 0 Å². The van der Waals surface area contributed by atoms with Crippen LogP contribution in [0.4, 0.5) is 0 Å². The molecule has 0 saturated carbocycles. The Hall–Kier alpha value is 0.389. The van der Waals surface area contributed by atoms with Gasteiger partial charge < -0.3 is 43.1 Å². The summed E-state index contributed by atoms with van der Waals surface area (Å²) in [5, 5.41) is 0. The Balaban J connectivity index is -0.0000000170. The van der Waals surface area contributed by atoms with Crippen LogP contribution < -0.4 is 0 Å². The Morgan fingerprint density at radius 2 is 0.857 bits per heavy atom. The molecule has 0 unspecified atom stereocenters. The van der Waals surface area contributed by atoms with E-state index < -0.39 is 0 Å². The van der Waals surface area contributed by atoms with Crippen LogP contribution in [0.25, 0.3) is 0 Å². The summed E-state index contributed by atoms with van der Waals surface area (Å²) < 4.78 is 0. The molecular weight excluding hydrogens is 324 g/mol. The predicted octanol–water partition coefficient (Wildman–Crippen LogP) is 6.48. The summed E-state index contributed by atoms with van der Waals surface area (Å²) in [5.74, 6) is 0. The summed E-state index contributed by atoms with van der Waals surface area (Å²) in [6.07, 6.45) is 20.0. The first-order valence-corrected chi connectivity index (χ1v) is 5.56. The molecule has 0 nitrogen and oxygen atoms in total. The van der Waals surface area contributed by atoms with Gasteiger partial charge in [-0.3, -0.25) is 12.2 Å². The minimum Gasteiger partial charge on any atom is -0.358 e. The van der Waals surface area contributed by atoms with E-state index in [1.165, 1.54) is 0 Å². The van der Waals surface area contributed by atoms with Crippen LogP contribution in [0.2, 0.25) is 0 Å². The average molecular weight is 358 g/mol. The first-order chi connectivity index (χ1) is 8.00. The Bertz CT molecular complexity index is 148. The SMILES string of the molecule is [C-]1=CC=CC1.[C-]1=CC=CC1.[CH2-]C.[CH2-]C.[CH2-]C.[CH3-].[CH3-].[CH3-].[Ti+4].[Ti+4]. The van der Waals surface area contributed by atoms with Crippen LogP contribution in [0.5, 0.6) is 0 Å². The largest absolute Gasteiger partial charge is 4.00 e. The fourth-order valence-corrected chi connectivity index (χ4v) is 0.680. The van der Waals surface area contributed by atoms with Gasteiger partial charge in [0.1, 0.15) is 0 Å². The monoisotopic (exact) mass is 358 g/mol. The second-order valence-electron chi connectivity index (χ2n) is 2.01. The molecule has 0 aromatic heterocycles. The van der Waals surface area contributed by atoms with Crippen molar-refractivity contribution in [2.75, 3.05) is 0 Å². The molecular formula is C19H34Ti2. The van der Waals surface area contributed by atoms with E-state index in [2.05, 4.69) is 45.1 Å². The van der Waals surface area contributed by atoms with Crippen LogP contribution in [0.15, 0.2) is 36.5 Å². The molecule has 2 aliphatic carbocycles. The molecule has 0 bridgehead atoms. The van der Waals surface area contributed by atoms with E-state index in [0.29, 0.717) is 0 Å². The molecule has 0 aliphatic heterocycles. The molecule has 0 heterocycles. The van der Waals surface area contributed by atoms with Crippen molar-refractivity contribution in [3.8, 4) is 0 Å². The van der Waals surface area contributed by atoms with Crippen molar-refractivity contribution in [3.63, 3.8) is 0 Å². The van der Waals surface area contributed by atoms with Crippen molar-refractivity contribution in [1.29, 1.82) is 0 Å². The standard InChI is InChI=1S/2C5H5.3C2H5.3CH3.2Ti/c2*1-2-4-5-3-1;3*1-2;;;;;/h2*1-3H,4H2;3*1H2,2H3;3*1H3;;/q8*-1;2*+4. The van der Waals surface area contributed by atoms with Gasteiger partial charge in [0.15, 0.2) is 0 Å². The van der Waals surface area contributed by atoms with Crippen molar-refractivity contribution in [1.82, 2.24) is 0 Å². The molecule has 0 aromatic carbocycles. The first-order valence-electron chi connectivity index (χ1n) is 5.56. The van der Waals surface area contributed by atoms with E-state index in [0.717, 1.165) is 12.8 Å². The molecule has 118 valence electrons. The fraction of sp³-hybridized carbons (Fsp3) is 0.263. The summed E-state index contributed by atoms with van der Waals surface area (Å²) in [4.78, 5) is 0. The van der Waals surface area contributed by atoms with E-state index in [4.69, 9.17) is 0 Å². The Kier molecular flexibility index (Phi) is 168. The minimum absolute atomic E-state index is 0. The van der Waals surface area contributed by atoms with E-state index in [9.17, 15) is 0 Å². The quantitative estimate of drug-likeness (QED) is 0.343. The van der Waals surface area contributed by atoms with Gasteiger partial charge in [-0.15, -0.1) is 12.8 Å². The van der Waals surface area contributed by atoms with Gasteiger partial charge in [0.2, 0.25) is 0 Å². The molecule has 21 heavy (non-hydrogen) atoms. The van der Waals surface area contributed by atoms with E-state index in [1.54, 1.807) is 20.8 Å². The minimum atomic E-state index is 0. The molecule has 0 atom stereocenters. The van der Waals surface area contributed by atoms with Crippen LogP contribution in [-0.2, 0) is 43.4 Å². The molecule has 2 rings (SSSR count). The predicted molar refractivity (Wildman–Crippen MR) is 95.5 cm³/mol. The number of hydrogen-bond donors (Lipinski definition) is 0. The van der Waals surface area contributed by atoms with Crippen LogP contribution >= 0.6 is 0 Å². The van der Waals surface area contributed by atoms with Gasteiger partial charge in [-0.2, -0.15) is 32.9 Å². The van der Waals surface area contributed by atoms with Gasteiger partial charge >= 0.3 is 43.4 Å². The first kappa shape index (κ1) is 49.6. The maximum Gasteiger partial charge on any atom is 4.00 e. The summed E-state index contributed by atoms with van der Waals surface area (Å²) >= 11 is 0. The third kappa shape index (κ3) is 63.9. The molecule has 0 fully saturated rings. The van der Waals surface area contributed by atoms with Crippen LogP contribution in [0.3, 0.4) is 0 Å². The molecule has 0 saturated heterocycles. The van der Waals surface area contributed by atoms with Crippen molar-refractivity contribution in [2.24, 2.45) is 0 Å².